The highest BCUT2D eigenvalue weighted by molar-refractivity contribution is 5.88. The van der Waals surface area contributed by atoms with Crippen LogP contribution < -0.4 is 10.6 Å². The second kappa shape index (κ2) is 8.11. The number of hydrogen-bond acceptors (Lipinski definition) is 4. The summed E-state index contributed by atoms with van der Waals surface area (Å²) in [6, 6.07) is 7.31. The number of aryl methyl sites for hydroxylation is 1. The molecule has 1 aliphatic carbocycles. The number of pyridine rings is 1. The fourth-order valence-electron chi connectivity index (χ4n) is 3.26. The second-order valence-corrected chi connectivity index (χ2v) is 6.67. The highest BCUT2D eigenvalue weighted by Crippen LogP contribution is 2.23. The summed E-state index contributed by atoms with van der Waals surface area (Å²) in [5.41, 5.74) is 1.71. The van der Waals surface area contributed by atoms with Crippen LogP contribution in [0.2, 0.25) is 0 Å². The third-order valence-corrected chi connectivity index (χ3v) is 4.49. The number of carbonyl (C=O) groups excluding carboxylic acids is 1. The Hall–Kier alpha value is -2.41. The first-order valence-corrected chi connectivity index (χ1v) is 8.77. The molecule has 0 spiro atoms. The highest BCUT2D eigenvalue weighted by atomic mass is 16.3. The van der Waals surface area contributed by atoms with Crippen LogP contribution >= 0.6 is 0 Å². The van der Waals surface area contributed by atoms with Gasteiger partial charge in [0.2, 0.25) is 0 Å². The quantitative estimate of drug-likeness (QED) is 0.777. The smallest absolute Gasteiger partial charge is 0.320 e. The van der Waals surface area contributed by atoms with E-state index < -0.39 is 0 Å². The number of hydrogen-bond donors (Lipinski definition) is 3. The largest absolute Gasteiger partial charge is 0.393 e. The number of nitrogens with zero attached hydrogens (tertiary/aromatic N) is 3. The summed E-state index contributed by atoms with van der Waals surface area (Å²) >= 11 is 0. The molecule has 3 N–H and O–H groups in total. The molecule has 1 aliphatic rings. The Morgan fingerprint density at radius 3 is 3.04 bits per heavy atom. The van der Waals surface area contributed by atoms with E-state index in [0.717, 1.165) is 37.1 Å². The van der Waals surface area contributed by atoms with E-state index in [9.17, 15) is 9.90 Å². The first-order chi connectivity index (χ1) is 12.1. The average Bonchev–Trinajstić information content (AvgIpc) is 2.93. The van der Waals surface area contributed by atoms with Gasteiger partial charge in [-0.15, -0.1) is 0 Å². The predicted octanol–water partition coefficient (Wildman–Crippen LogP) is 2.31. The van der Waals surface area contributed by atoms with E-state index in [1.807, 2.05) is 31.2 Å². The molecular weight excluding hydrogens is 318 g/mol. The van der Waals surface area contributed by atoms with Crippen LogP contribution in [0.3, 0.4) is 0 Å². The Labute approximate surface area is 147 Å². The average molecular weight is 343 g/mol. The molecule has 0 aliphatic heterocycles. The first-order valence-electron chi connectivity index (χ1n) is 8.77. The van der Waals surface area contributed by atoms with Crippen molar-refractivity contribution in [2.24, 2.45) is 5.92 Å². The van der Waals surface area contributed by atoms with Crippen molar-refractivity contribution in [3.05, 3.63) is 41.9 Å². The van der Waals surface area contributed by atoms with E-state index in [1.165, 1.54) is 0 Å². The normalized spacial score (nSPS) is 20.2. The van der Waals surface area contributed by atoms with Gasteiger partial charge in [-0.2, -0.15) is 5.10 Å². The van der Waals surface area contributed by atoms with Crippen molar-refractivity contribution < 1.29 is 9.90 Å². The topological polar surface area (TPSA) is 92.1 Å². The van der Waals surface area contributed by atoms with Gasteiger partial charge in [0.1, 0.15) is 5.82 Å². The Balaban J connectivity index is 1.56. The number of nitrogens with one attached hydrogen (secondary N) is 2. The molecule has 1 saturated carbocycles. The van der Waals surface area contributed by atoms with Gasteiger partial charge in [0.05, 0.1) is 24.0 Å². The Kier molecular flexibility index (Phi) is 5.65. The van der Waals surface area contributed by atoms with Gasteiger partial charge in [0.15, 0.2) is 0 Å². The van der Waals surface area contributed by atoms with Crippen LogP contribution in [0, 0.1) is 12.8 Å². The van der Waals surface area contributed by atoms with Gasteiger partial charge in [0.25, 0.3) is 0 Å². The number of urea groups is 1. The van der Waals surface area contributed by atoms with Gasteiger partial charge in [-0.25, -0.2) is 9.48 Å². The summed E-state index contributed by atoms with van der Waals surface area (Å²) in [4.78, 5) is 16.5. The van der Waals surface area contributed by atoms with Crippen molar-refractivity contribution in [1.82, 2.24) is 20.1 Å². The van der Waals surface area contributed by atoms with Crippen molar-refractivity contribution in [2.45, 2.75) is 45.3 Å². The summed E-state index contributed by atoms with van der Waals surface area (Å²) in [6.45, 7) is 2.97. The number of aliphatic hydroxyl groups is 1. The molecule has 2 aromatic heterocycles. The third-order valence-electron chi connectivity index (χ3n) is 4.49. The zero-order valence-corrected chi connectivity index (χ0v) is 14.5. The highest BCUT2D eigenvalue weighted by Gasteiger charge is 2.20. The number of carbonyl (C=O) groups is 1. The zero-order chi connectivity index (χ0) is 17.6. The maximum Gasteiger partial charge on any atom is 0.320 e. The fourth-order valence-corrected chi connectivity index (χ4v) is 3.26. The molecule has 1 fully saturated rings. The molecule has 134 valence electrons. The molecule has 25 heavy (non-hydrogen) atoms. The lowest BCUT2D eigenvalue weighted by molar-refractivity contribution is 0.101. The molecule has 0 aromatic carbocycles. The molecule has 2 amide bonds. The number of amides is 2. The molecule has 2 aromatic rings. The van der Waals surface area contributed by atoms with Crippen molar-refractivity contribution in [3.63, 3.8) is 0 Å². The number of aromatic nitrogens is 3. The van der Waals surface area contributed by atoms with Crippen LogP contribution in [0.5, 0.6) is 0 Å². The molecule has 0 radical (unpaired) electrons. The lowest BCUT2D eigenvalue weighted by Crippen LogP contribution is -2.36. The van der Waals surface area contributed by atoms with Gasteiger partial charge in [-0.1, -0.05) is 12.5 Å². The van der Waals surface area contributed by atoms with Gasteiger partial charge < -0.3 is 10.4 Å². The second-order valence-electron chi connectivity index (χ2n) is 6.67. The number of anilines is 1. The molecule has 7 heteroatoms. The summed E-state index contributed by atoms with van der Waals surface area (Å²) < 4.78 is 1.74. The maximum atomic E-state index is 12.2. The zero-order valence-electron chi connectivity index (χ0n) is 14.5. The molecule has 7 nitrogen and oxygen atoms in total. The molecule has 2 heterocycles. The number of rotatable bonds is 5. The van der Waals surface area contributed by atoms with Crippen LogP contribution in [0.1, 0.15) is 37.1 Å². The van der Waals surface area contributed by atoms with Crippen LogP contribution in [0.25, 0.3) is 0 Å². The van der Waals surface area contributed by atoms with Crippen molar-refractivity contribution >= 4 is 11.8 Å². The maximum absolute atomic E-state index is 12.2. The minimum Gasteiger partial charge on any atom is -0.393 e. The summed E-state index contributed by atoms with van der Waals surface area (Å²) in [5.74, 6) is 0.985. The molecule has 2 unspecified atom stereocenters. The molecule has 2 atom stereocenters. The van der Waals surface area contributed by atoms with E-state index in [-0.39, 0.29) is 12.1 Å². The van der Waals surface area contributed by atoms with Crippen LogP contribution in [0.4, 0.5) is 10.6 Å². The van der Waals surface area contributed by atoms with E-state index in [2.05, 4.69) is 20.7 Å². The first kappa shape index (κ1) is 17.4. The summed E-state index contributed by atoms with van der Waals surface area (Å²) in [5, 5.41) is 19.9. The van der Waals surface area contributed by atoms with Gasteiger partial charge in [0, 0.05) is 18.8 Å². The number of aliphatic hydroxyl groups excluding tert-OH is 1. The van der Waals surface area contributed by atoms with E-state index in [0.29, 0.717) is 24.8 Å². The SMILES string of the molecule is Cc1cc(NC(=O)NCC2CCCC(O)C2)n(Cc2ccccn2)n1. The monoisotopic (exact) mass is 343 g/mol. The van der Waals surface area contributed by atoms with Gasteiger partial charge in [-0.05, 0) is 44.2 Å². The minimum atomic E-state index is -0.248. The minimum absolute atomic E-state index is 0.230. The standard InChI is InChI=1S/C18H25N5O2/c1-13-9-17(23(22-13)12-15-6-2-3-8-19-15)21-18(25)20-11-14-5-4-7-16(24)10-14/h2-3,6,8-9,14,16,24H,4-5,7,10-12H2,1H3,(H2,20,21,25). The third kappa shape index (κ3) is 5.03. The van der Waals surface area contributed by atoms with E-state index >= 15 is 0 Å². The molecular formula is C18H25N5O2. The van der Waals surface area contributed by atoms with E-state index in [4.69, 9.17) is 0 Å². The molecule has 3 rings (SSSR count). The van der Waals surface area contributed by atoms with Gasteiger partial charge in [-0.3, -0.25) is 10.3 Å². The molecule has 0 bridgehead atoms. The lowest BCUT2D eigenvalue weighted by Gasteiger charge is -2.25. The van der Waals surface area contributed by atoms with Crippen LogP contribution in [-0.4, -0.2) is 38.6 Å². The predicted molar refractivity (Wildman–Crippen MR) is 95.3 cm³/mol. The van der Waals surface area contributed by atoms with Crippen LogP contribution in [-0.2, 0) is 6.54 Å². The van der Waals surface area contributed by atoms with Crippen molar-refractivity contribution in [3.8, 4) is 0 Å². The Morgan fingerprint density at radius 1 is 1.40 bits per heavy atom. The lowest BCUT2D eigenvalue weighted by atomic mass is 9.87. The summed E-state index contributed by atoms with van der Waals surface area (Å²) in [7, 11) is 0. The van der Waals surface area contributed by atoms with Crippen LogP contribution in [0.15, 0.2) is 30.5 Å². The Bertz CT molecular complexity index is 701. The molecule has 0 saturated heterocycles. The van der Waals surface area contributed by atoms with Crippen molar-refractivity contribution in [2.75, 3.05) is 11.9 Å². The fraction of sp³-hybridized carbons (Fsp3) is 0.500. The van der Waals surface area contributed by atoms with Crippen molar-refractivity contribution in [1.29, 1.82) is 0 Å². The summed E-state index contributed by atoms with van der Waals surface area (Å²) in [6.07, 6.45) is 5.21. The Morgan fingerprint density at radius 2 is 2.28 bits per heavy atom. The van der Waals surface area contributed by atoms with Gasteiger partial charge >= 0.3 is 6.03 Å². The van der Waals surface area contributed by atoms with E-state index in [1.54, 1.807) is 10.9 Å².